The molecule has 0 aliphatic carbocycles. The molecule has 1 aliphatic rings. The molecule has 11 heteroatoms. The number of aliphatic hydroxyl groups is 2. The lowest BCUT2D eigenvalue weighted by molar-refractivity contribution is -0.384. The Labute approximate surface area is 150 Å². The molecule has 2 heterocycles. The second-order valence-corrected chi connectivity index (χ2v) is 6.04. The largest absolute Gasteiger partial charge is 0.394 e. The number of nitrogens with zero attached hydrogens (tertiary/aromatic N) is 3. The Morgan fingerprint density at radius 1 is 1.22 bits per heavy atom. The summed E-state index contributed by atoms with van der Waals surface area (Å²) in [5.74, 6) is 0. The maximum absolute atomic E-state index is 14.3. The van der Waals surface area contributed by atoms with Crippen molar-refractivity contribution in [3.63, 3.8) is 0 Å². The third-order valence-electron chi connectivity index (χ3n) is 4.33. The molecule has 2 aromatic rings. The number of alkyl halides is 1. The van der Waals surface area contributed by atoms with Gasteiger partial charge >= 0.3 is 5.69 Å². The summed E-state index contributed by atoms with van der Waals surface area (Å²) in [6.45, 7) is -0.818. The van der Waals surface area contributed by atoms with Crippen LogP contribution in [0.1, 0.15) is 11.8 Å². The van der Waals surface area contributed by atoms with Crippen LogP contribution in [0.4, 0.5) is 10.1 Å². The predicted octanol–water partition coefficient (Wildman–Crippen LogP) is -0.445. The standard InChI is InChI=1S/C16H16FN3O7/c17-13-14(23)11(8-21)27-15(13)18-6-5-12(22)19(16(18)24)7-9-1-3-10(4-2-9)20(25)26/h1-6,11,13-15,21,23H,7-8H2/t11-,13-,14?,15-/m1/s1. The van der Waals surface area contributed by atoms with Crippen LogP contribution in [0.2, 0.25) is 0 Å². The number of nitro benzene ring substituents is 1. The quantitative estimate of drug-likeness (QED) is 0.529. The molecule has 3 rings (SSSR count). The minimum atomic E-state index is -1.97. The van der Waals surface area contributed by atoms with Gasteiger partial charge in [-0.2, -0.15) is 0 Å². The van der Waals surface area contributed by atoms with E-state index in [1.165, 1.54) is 24.3 Å². The van der Waals surface area contributed by atoms with Crippen molar-refractivity contribution in [3.8, 4) is 0 Å². The van der Waals surface area contributed by atoms with Gasteiger partial charge in [0, 0.05) is 24.4 Å². The first-order chi connectivity index (χ1) is 12.8. The molecule has 0 saturated carbocycles. The summed E-state index contributed by atoms with van der Waals surface area (Å²) in [6.07, 6.45) is -5.20. The van der Waals surface area contributed by atoms with Crippen LogP contribution in [0.3, 0.4) is 0 Å². The first-order valence-electron chi connectivity index (χ1n) is 7.97. The fraction of sp³-hybridized carbons (Fsp3) is 0.375. The van der Waals surface area contributed by atoms with Gasteiger partial charge in [0.15, 0.2) is 12.4 Å². The molecule has 1 unspecified atom stereocenters. The average molecular weight is 381 g/mol. The third-order valence-corrected chi connectivity index (χ3v) is 4.33. The zero-order chi connectivity index (χ0) is 19.7. The van der Waals surface area contributed by atoms with Gasteiger partial charge in [-0.25, -0.2) is 9.18 Å². The molecule has 1 saturated heterocycles. The summed E-state index contributed by atoms with van der Waals surface area (Å²) in [4.78, 5) is 34.8. The molecule has 2 N–H and O–H groups in total. The number of rotatable bonds is 5. The monoisotopic (exact) mass is 381 g/mol. The molecule has 0 amide bonds. The summed E-state index contributed by atoms with van der Waals surface area (Å²) in [5, 5.41) is 29.5. The second kappa shape index (κ2) is 7.39. The van der Waals surface area contributed by atoms with Crippen molar-refractivity contribution in [1.29, 1.82) is 0 Å². The molecular formula is C16H16FN3O7. The van der Waals surface area contributed by atoms with Crippen molar-refractivity contribution in [3.05, 3.63) is 73.0 Å². The van der Waals surface area contributed by atoms with Crippen molar-refractivity contribution in [2.45, 2.75) is 31.2 Å². The Hall–Kier alpha value is -2.89. The molecule has 1 aromatic carbocycles. The maximum atomic E-state index is 14.3. The highest BCUT2D eigenvalue weighted by Crippen LogP contribution is 2.30. The molecular weight excluding hydrogens is 365 g/mol. The van der Waals surface area contributed by atoms with E-state index in [0.29, 0.717) is 5.56 Å². The van der Waals surface area contributed by atoms with Gasteiger partial charge in [0.2, 0.25) is 0 Å². The van der Waals surface area contributed by atoms with Gasteiger partial charge in [0.1, 0.15) is 12.2 Å². The lowest BCUT2D eigenvalue weighted by atomic mass is 10.1. The number of ether oxygens (including phenoxy) is 1. The van der Waals surface area contributed by atoms with E-state index in [2.05, 4.69) is 0 Å². The number of non-ortho nitro benzene ring substituents is 1. The van der Waals surface area contributed by atoms with E-state index in [4.69, 9.17) is 9.84 Å². The number of aliphatic hydroxyl groups excluding tert-OH is 2. The number of benzene rings is 1. The highest BCUT2D eigenvalue weighted by molar-refractivity contribution is 5.32. The van der Waals surface area contributed by atoms with E-state index in [0.717, 1.165) is 21.4 Å². The second-order valence-electron chi connectivity index (χ2n) is 6.04. The van der Waals surface area contributed by atoms with Crippen molar-refractivity contribution in [2.75, 3.05) is 6.61 Å². The molecule has 10 nitrogen and oxygen atoms in total. The highest BCUT2D eigenvalue weighted by Gasteiger charge is 2.45. The minimum Gasteiger partial charge on any atom is -0.394 e. The van der Waals surface area contributed by atoms with Gasteiger partial charge in [-0.15, -0.1) is 0 Å². The first-order valence-corrected chi connectivity index (χ1v) is 7.97. The van der Waals surface area contributed by atoms with E-state index in [1.54, 1.807) is 0 Å². The van der Waals surface area contributed by atoms with Crippen molar-refractivity contribution in [2.24, 2.45) is 0 Å². The lowest BCUT2D eigenvalue weighted by Crippen LogP contribution is -2.42. The Morgan fingerprint density at radius 3 is 2.44 bits per heavy atom. The van der Waals surface area contributed by atoms with Gasteiger partial charge in [-0.1, -0.05) is 12.1 Å². The van der Waals surface area contributed by atoms with Crippen LogP contribution in [-0.4, -0.2) is 49.3 Å². The zero-order valence-electron chi connectivity index (χ0n) is 13.8. The van der Waals surface area contributed by atoms with Crippen molar-refractivity contribution < 1.29 is 24.3 Å². The molecule has 4 atom stereocenters. The molecule has 0 radical (unpaired) electrons. The number of hydrogen-bond acceptors (Lipinski definition) is 7. The average Bonchev–Trinajstić information content (AvgIpc) is 2.94. The molecule has 27 heavy (non-hydrogen) atoms. The molecule has 0 spiro atoms. The van der Waals surface area contributed by atoms with Gasteiger partial charge in [-0.3, -0.25) is 24.0 Å². The maximum Gasteiger partial charge on any atom is 0.333 e. The van der Waals surface area contributed by atoms with Crippen molar-refractivity contribution in [1.82, 2.24) is 9.13 Å². The van der Waals surface area contributed by atoms with Crippen LogP contribution in [0, 0.1) is 10.1 Å². The SMILES string of the molecule is O=c1ccn([C@@H]2O[C@H](CO)C(O)[C@H]2F)c(=O)n1Cc1ccc([N+](=O)[O-])cc1. The first kappa shape index (κ1) is 18.9. The topological polar surface area (TPSA) is 137 Å². The molecule has 1 aliphatic heterocycles. The summed E-state index contributed by atoms with van der Waals surface area (Å²) >= 11 is 0. The lowest BCUT2D eigenvalue weighted by Gasteiger charge is -2.17. The summed E-state index contributed by atoms with van der Waals surface area (Å²) in [7, 11) is 0. The normalized spacial score (nSPS) is 24.9. The molecule has 1 aromatic heterocycles. The fourth-order valence-electron chi connectivity index (χ4n) is 2.85. The van der Waals surface area contributed by atoms with Crippen LogP contribution < -0.4 is 11.2 Å². The Bertz CT molecular complexity index is 956. The smallest absolute Gasteiger partial charge is 0.333 e. The summed E-state index contributed by atoms with van der Waals surface area (Å²) < 4.78 is 21.1. The van der Waals surface area contributed by atoms with Crippen molar-refractivity contribution >= 4 is 5.69 Å². The highest BCUT2D eigenvalue weighted by atomic mass is 19.1. The van der Waals surface area contributed by atoms with Crippen LogP contribution in [-0.2, 0) is 11.3 Å². The summed E-state index contributed by atoms with van der Waals surface area (Å²) in [6, 6.07) is 6.32. The van der Waals surface area contributed by atoms with Gasteiger partial charge < -0.3 is 14.9 Å². The summed E-state index contributed by atoms with van der Waals surface area (Å²) in [5.41, 5.74) is -1.21. The number of aromatic nitrogens is 2. The van der Waals surface area contributed by atoms with E-state index < -0.39 is 47.4 Å². The molecule has 1 fully saturated rings. The van der Waals surface area contributed by atoms with Gasteiger partial charge in [0.25, 0.3) is 11.2 Å². The van der Waals surface area contributed by atoms with E-state index >= 15 is 0 Å². The Balaban J connectivity index is 1.94. The Kier molecular flexibility index (Phi) is 5.17. The number of halogens is 1. The predicted molar refractivity (Wildman–Crippen MR) is 89.1 cm³/mol. The third kappa shape index (κ3) is 3.52. The number of nitro groups is 1. The molecule has 144 valence electrons. The molecule has 0 bridgehead atoms. The number of hydrogen-bond donors (Lipinski definition) is 2. The van der Waals surface area contributed by atoms with Crippen LogP contribution in [0.5, 0.6) is 0 Å². The van der Waals surface area contributed by atoms with Gasteiger partial charge in [0.05, 0.1) is 18.1 Å². The van der Waals surface area contributed by atoms with Crippen LogP contribution in [0.25, 0.3) is 0 Å². The van der Waals surface area contributed by atoms with Crippen LogP contribution in [0.15, 0.2) is 46.1 Å². The Morgan fingerprint density at radius 2 is 1.89 bits per heavy atom. The fourth-order valence-corrected chi connectivity index (χ4v) is 2.85. The minimum absolute atomic E-state index is 0.139. The van der Waals surface area contributed by atoms with E-state index in [1.807, 2.05) is 0 Å². The van der Waals surface area contributed by atoms with Gasteiger partial charge in [-0.05, 0) is 5.56 Å². The zero-order valence-corrected chi connectivity index (χ0v) is 13.8. The van der Waals surface area contributed by atoms with E-state index in [9.17, 15) is 29.2 Å². The van der Waals surface area contributed by atoms with Crippen LogP contribution >= 0.6 is 0 Å². The van der Waals surface area contributed by atoms with E-state index in [-0.39, 0.29) is 12.2 Å².